The average Bonchev–Trinajstić information content (AvgIpc) is 2.72. The summed E-state index contributed by atoms with van der Waals surface area (Å²) in [4.78, 5) is 18.7. The molecule has 0 radical (unpaired) electrons. The maximum absolute atomic E-state index is 11.5. The molecule has 3 fully saturated rings. The number of fused-ring (bicyclic) bond motifs is 4. The summed E-state index contributed by atoms with van der Waals surface area (Å²) in [5.74, 6) is 2.01. The zero-order valence-corrected chi connectivity index (χ0v) is 16.4. The van der Waals surface area contributed by atoms with Crippen LogP contribution in [0.4, 0.5) is 0 Å². The van der Waals surface area contributed by atoms with Gasteiger partial charge >= 0.3 is 5.97 Å². The van der Waals surface area contributed by atoms with Gasteiger partial charge in [0, 0.05) is 30.6 Å². The van der Waals surface area contributed by atoms with E-state index in [1.54, 1.807) is 0 Å². The van der Waals surface area contributed by atoms with Gasteiger partial charge in [-0.15, -0.1) is 0 Å². The first kappa shape index (κ1) is 18.4. The molecule has 4 nitrogen and oxygen atoms in total. The van der Waals surface area contributed by atoms with Crippen LogP contribution in [-0.2, 0) is 16.0 Å². The molecule has 0 aliphatic carbocycles. The van der Waals surface area contributed by atoms with Crippen molar-refractivity contribution < 1.29 is 9.53 Å². The number of esters is 1. The van der Waals surface area contributed by atoms with Crippen LogP contribution in [0.1, 0.15) is 38.2 Å². The summed E-state index contributed by atoms with van der Waals surface area (Å²) in [6.45, 7) is 4.72. The third kappa shape index (κ3) is 3.86. The molecule has 3 aliphatic rings. The van der Waals surface area contributed by atoms with Crippen molar-refractivity contribution in [3.8, 4) is 0 Å². The fourth-order valence-electron chi connectivity index (χ4n) is 5.29. The van der Waals surface area contributed by atoms with Crippen LogP contribution >= 0.6 is 0 Å². The Bertz CT molecular complexity index is 801. The molecule has 0 spiro atoms. The molecule has 5 unspecified atom stereocenters. The Morgan fingerprint density at radius 3 is 2.96 bits per heavy atom. The molecule has 4 heterocycles. The number of rotatable bonds is 6. The number of carbonyl (C=O) groups excluding carboxylic acids is 1. The number of para-hydroxylation sites is 1. The maximum Gasteiger partial charge on any atom is 0.305 e. The largest absolute Gasteiger partial charge is 0.469 e. The SMILES string of the molecule is COC(=O)CCC(C)C1CN2CCC1CC2Cc1ccnc2ccccc12. The zero-order chi connectivity index (χ0) is 18.8. The maximum atomic E-state index is 11.5. The van der Waals surface area contributed by atoms with Crippen molar-refractivity contribution >= 4 is 16.9 Å². The Hall–Kier alpha value is -1.94. The van der Waals surface area contributed by atoms with Gasteiger partial charge in [0.05, 0.1) is 12.6 Å². The van der Waals surface area contributed by atoms with E-state index in [-0.39, 0.29) is 5.97 Å². The number of nitrogens with zero attached hydrogens (tertiary/aromatic N) is 2. The number of piperidine rings is 3. The van der Waals surface area contributed by atoms with Crippen LogP contribution in [0.5, 0.6) is 0 Å². The number of ether oxygens (including phenoxy) is 1. The first-order valence-corrected chi connectivity index (χ1v) is 10.3. The minimum absolute atomic E-state index is 0.0782. The second-order valence-electron chi connectivity index (χ2n) is 8.38. The number of hydrogen-bond donors (Lipinski definition) is 0. The van der Waals surface area contributed by atoms with E-state index in [0.29, 0.717) is 24.3 Å². The summed E-state index contributed by atoms with van der Waals surface area (Å²) < 4.78 is 4.81. The van der Waals surface area contributed by atoms with Gasteiger partial charge in [-0.3, -0.25) is 14.7 Å². The Kier molecular flexibility index (Phi) is 5.44. The van der Waals surface area contributed by atoms with Crippen LogP contribution in [0.3, 0.4) is 0 Å². The van der Waals surface area contributed by atoms with Gasteiger partial charge in [-0.2, -0.15) is 0 Å². The minimum atomic E-state index is -0.0782. The van der Waals surface area contributed by atoms with E-state index >= 15 is 0 Å². The van der Waals surface area contributed by atoms with Gasteiger partial charge in [0.25, 0.3) is 0 Å². The van der Waals surface area contributed by atoms with Crippen molar-refractivity contribution in [1.82, 2.24) is 9.88 Å². The fraction of sp³-hybridized carbons (Fsp3) is 0.565. The molecule has 0 amide bonds. The average molecular weight is 367 g/mol. The Labute approximate surface area is 161 Å². The van der Waals surface area contributed by atoms with E-state index in [1.807, 2.05) is 6.20 Å². The smallest absolute Gasteiger partial charge is 0.305 e. The fourth-order valence-corrected chi connectivity index (χ4v) is 5.29. The lowest BCUT2D eigenvalue weighted by Crippen LogP contribution is -2.55. The molecule has 5 rings (SSSR count). The van der Waals surface area contributed by atoms with Crippen molar-refractivity contribution in [3.63, 3.8) is 0 Å². The van der Waals surface area contributed by atoms with E-state index in [1.165, 1.54) is 44.0 Å². The Balaban J connectivity index is 1.42. The third-order valence-electron chi connectivity index (χ3n) is 6.89. The van der Waals surface area contributed by atoms with Crippen LogP contribution in [-0.4, -0.2) is 42.1 Å². The molecule has 3 aliphatic heterocycles. The summed E-state index contributed by atoms with van der Waals surface area (Å²) in [6, 6.07) is 11.3. The number of benzene rings is 1. The predicted octanol–water partition coefficient (Wildman–Crippen LogP) is 4.08. The predicted molar refractivity (Wildman–Crippen MR) is 107 cm³/mol. The summed E-state index contributed by atoms with van der Waals surface area (Å²) in [7, 11) is 1.48. The Morgan fingerprint density at radius 1 is 1.33 bits per heavy atom. The molecular weight excluding hydrogens is 336 g/mol. The van der Waals surface area contributed by atoms with Crippen LogP contribution in [0, 0.1) is 17.8 Å². The molecule has 1 aromatic heterocycles. The van der Waals surface area contributed by atoms with Gasteiger partial charge in [0.2, 0.25) is 0 Å². The Morgan fingerprint density at radius 2 is 2.19 bits per heavy atom. The van der Waals surface area contributed by atoms with Gasteiger partial charge in [-0.1, -0.05) is 25.1 Å². The van der Waals surface area contributed by atoms with E-state index < -0.39 is 0 Å². The van der Waals surface area contributed by atoms with Crippen molar-refractivity contribution in [3.05, 3.63) is 42.1 Å². The first-order chi connectivity index (χ1) is 13.2. The summed E-state index contributed by atoms with van der Waals surface area (Å²) in [5, 5.41) is 1.30. The van der Waals surface area contributed by atoms with Gasteiger partial charge in [0.1, 0.15) is 0 Å². The highest BCUT2D eigenvalue weighted by Gasteiger charge is 2.41. The molecule has 1 aromatic carbocycles. The standard InChI is InChI=1S/C23H30N2O2/c1-16(7-8-23(26)27-2)21-15-25-12-10-18(21)14-19(25)13-17-9-11-24-22-6-4-3-5-20(17)22/h3-6,9,11,16,18-19,21H,7-8,10,12-15H2,1-2H3. The summed E-state index contributed by atoms with van der Waals surface area (Å²) in [5.41, 5.74) is 2.52. The highest BCUT2D eigenvalue weighted by molar-refractivity contribution is 5.81. The number of methoxy groups -OCH3 is 1. The quantitative estimate of drug-likeness (QED) is 0.723. The molecule has 27 heavy (non-hydrogen) atoms. The molecule has 144 valence electrons. The number of aromatic nitrogens is 1. The molecule has 5 atom stereocenters. The van der Waals surface area contributed by atoms with E-state index in [4.69, 9.17) is 4.74 Å². The van der Waals surface area contributed by atoms with Gasteiger partial charge in [-0.05, 0) is 67.7 Å². The van der Waals surface area contributed by atoms with Crippen LogP contribution in [0.15, 0.2) is 36.5 Å². The van der Waals surface area contributed by atoms with Crippen molar-refractivity contribution in [2.75, 3.05) is 20.2 Å². The molecular formula is C23H30N2O2. The van der Waals surface area contributed by atoms with E-state index in [0.717, 1.165) is 24.3 Å². The lowest BCUT2D eigenvalue weighted by molar-refractivity contribution is -0.141. The highest BCUT2D eigenvalue weighted by Crippen LogP contribution is 2.42. The number of pyridine rings is 1. The highest BCUT2D eigenvalue weighted by atomic mass is 16.5. The lowest BCUT2D eigenvalue weighted by Gasteiger charge is -2.52. The van der Waals surface area contributed by atoms with Crippen LogP contribution in [0.2, 0.25) is 0 Å². The van der Waals surface area contributed by atoms with Crippen LogP contribution in [0.25, 0.3) is 10.9 Å². The van der Waals surface area contributed by atoms with E-state index in [9.17, 15) is 4.79 Å². The monoisotopic (exact) mass is 366 g/mol. The van der Waals surface area contributed by atoms with Gasteiger partial charge in [-0.25, -0.2) is 0 Å². The summed E-state index contributed by atoms with van der Waals surface area (Å²) in [6.07, 6.45) is 7.15. The second-order valence-corrected chi connectivity index (χ2v) is 8.38. The normalized spacial score (nSPS) is 28.2. The molecule has 0 N–H and O–H groups in total. The molecule has 2 aromatic rings. The van der Waals surface area contributed by atoms with Gasteiger partial charge in [0.15, 0.2) is 0 Å². The lowest BCUT2D eigenvalue weighted by atomic mass is 9.69. The van der Waals surface area contributed by atoms with Crippen molar-refractivity contribution in [2.24, 2.45) is 17.8 Å². The second kappa shape index (κ2) is 7.97. The van der Waals surface area contributed by atoms with Gasteiger partial charge < -0.3 is 4.74 Å². The van der Waals surface area contributed by atoms with Crippen LogP contribution < -0.4 is 0 Å². The topological polar surface area (TPSA) is 42.4 Å². The molecule has 0 saturated carbocycles. The van der Waals surface area contributed by atoms with Crippen molar-refractivity contribution in [2.45, 2.75) is 45.1 Å². The third-order valence-corrected chi connectivity index (χ3v) is 6.89. The zero-order valence-electron chi connectivity index (χ0n) is 16.4. The number of carbonyl (C=O) groups is 1. The number of hydrogen-bond acceptors (Lipinski definition) is 4. The summed E-state index contributed by atoms with van der Waals surface area (Å²) >= 11 is 0. The van der Waals surface area contributed by atoms with Crippen molar-refractivity contribution in [1.29, 1.82) is 0 Å². The van der Waals surface area contributed by atoms with E-state index in [2.05, 4.69) is 47.1 Å². The molecule has 4 heteroatoms. The minimum Gasteiger partial charge on any atom is -0.469 e. The molecule has 2 bridgehead atoms. The molecule has 3 saturated heterocycles. The first-order valence-electron chi connectivity index (χ1n) is 10.3.